The Morgan fingerprint density at radius 1 is 1.09 bits per heavy atom. The Labute approximate surface area is 211 Å². The Morgan fingerprint density at radius 2 is 1.76 bits per heavy atom. The van der Waals surface area contributed by atoms with Crippen LogP contribution in [-0.4, -0.2) is 33.3 Å². The highest BCUT2D eigenvalue weighted by atomic mass is 35.5. The Balaban J connectivity index is 1.79. The number of carbonyl (C=O) groups is 3. The first-order valence-corrected chi connectivity index (χ1v) is 11.3. The molecule has 0 spiro atoms. The van der Waals surface area contributed by atoms with Crippen molar-refractivity contribution in [3.8, 4) is 0 Å². The van der Waals surface area contributed by atoms with Crippen molar-refractivity contribution < 1.29 is 23.2 Å². The van der Waals surface area contributed by atoms with Gasteiger partial charge >= 0.3 is 0 Å². The number of benzene rings is 2. The van der Waals surface area contributed by atoms with Crippen LogP contribution in [0.15, 0.2) is 30.3 Å². The zero-order valence-corrected chi connectivity index (χ0v) is 20.1. The Bertz CT molecular complexity index is 1130. The van der Waals surface area contributed by atoms with E-state index in [-0.39, 0.29) is 22.2 Å². The first-order chi connectivity index (χ1) is 15.4. The van der Waals surface area contributed by atoms with E-state index in [0.717, 1.165) is 12.1 Å². The third-order valence-electron chi connectivity index (χ3n) is 4.63. The summed E-state index contributed by atoms with van der Waals surface area (Å²) in [4.78, 5) is 36.7. The van der Waals surface area contributed by atoms with Crippen molar-refractivity contribution in [2.45, 2.75) is 16.1 Å². The molecule has 1 fully saturated rings. The number of anilines is 3. The minimum Gasteiger partial charge on any atom is -0.326 e. The monoisotopic (exact) mass is 557 g/mol. The number of rotatable bonds is 7. The molecule has 0 saturated heterocycles. The molecule has 0 aliphatic heterocycles. The van der Waals surface area contributed by atoms with Crippen molar-refractivity contribution in [3.63, 3.8) is 0 Å². The minimum atomic E-state index is -1.25. The third-order valence-corrected chi connectivity index (χ3v) is 6.61. The fraction of sp³-hybridized carbons (Fsp3) is 0.250. The molecule has 176 valence electrons. The number of halogens is 7. The number of amides is 3. The first kappa shape index (κ1) is 25.8. The van der Waals surface area contributed by atoms with Gasteiger partial charge in [0.1, 0.15) is 21.2 Å². The number of nitrogens with one attached hydrogen (secondary N) is 3. The van der Waals surface area contributed by atoms with Gasteiger partial charge in [-0.15, -0.1) is 46.4 Å². The highest BCUT2D eigenvalue weighted by molar-refractivity contribution is 6.52. The molecule has 0 aromatic heterocycles. The molecule has 0 heterocycles. The van der Waals surface area contributed by atoms with Crippen LogP contribution in [0, 0.1) is 17.6 Å². The minimum absolute atomic E-state index is 0.00379. The molecule has 2 aromatic carbocycles. The largest absolute Gasteiger partial charge is 0.326 e. The van der Waals surface area contributed by atoms with Crippen LogP contribution < -0.4 is 16.0 Å². The molecule has 0 bridgehead atoms. The summed E-state index contributed by atoms with van der Waals surface area (Å²) in [5.41, 5.74) is -1.13. The van der Waals surface area contributed by atoms with E-state index in [9.17, 15) is 23.2 Å². The van der Waals surface area contributed by atoms with Crippen molar-refractivity contribution in [3.05, 3.63) is 52.6 Å². The summed E-state index contributed by atoms with van der Waals surface area (Å²) in [5, 5.41) is 5.60. The summed E-state index contributed by atoms with van der Waals surface area (Å²) < 4.78 is 27.7. The number of hydrogen-bond donors (Lipinski definition) is 3. The molecule has 3 rings (SSSR count). The Kier molecular flexibility index (Phi) is 7.96. The molecule has 2 unspecified atom stereocenters. The third kappa shape index (κ3) is 6.00. The Hall–Kier alpha value is -1.84. The van der Waals surface area contributed by atoms with Crippen molar-refractivity contribution in [1.82, 2.24) is 0 Å². The highest BCUT2D eigenvalue weighted by Crippen LogP contribution is 2.53. The lowest BCUT2D eigenvalue weighted by atomic mass is 10.1. The normalized spacial score (nSPS) is 17.1. The maximum atomic E-state index is 14.8. The molecule has 1 saturated carbocycles. The van der Waals surface area contributed by atoms with Gasteiger partial charge in [0.2, 0.25) is 11.8 Å². The van der Waals surface area contributed by atoms with Crippen LogP contribution >= 0.6 is 58.0 Å². The fourth-order valence-corrected chi connectivity index (χ4v) is 3.63. The van der Waals surface area contributed by atoms with E-state index in [1.807, 2.05) is 5.32 Å². The summed E-state index contributed by atoms with van der Waals surface area (Å²) >= 11 is 29.0. The van der Waals surface area contributed by atoms with E-state index in [4.69, 9.17) is 58.0 Å². The van der Waals surface area contributed by atoms with Crippen molar-refractivity contribution in [2.75, 3.05) is 21.8 Å². The second-order valence-corrected chi connectivity index (χ2v) is 9.84. The molecule has 1 aliphatic rings. The van der Waals surface area contributed by atoms with Gasteiger partial charge in [-0.1, -0.05) is 11.6 Å². The van der Waals surface area contributed by atoms with Gasteiger partial charge in [0.15, 0.2) is 5.82 Å². The molecule has 13 heteroatoms. The summed E-state index contributed by atoms with van der Waals surface area (Å²) in [7, 11) is 0. The molecular weight excluding hydrogens is 545 g/mol. The number of alkyl halides is 4. The van der Waals surface area contributed by atoms with E-state index in [0.29, 0.717) is 6.42 Å². The van der Waals surface area contributed by atoms with E-state index >= 15 is 0 Å². The van der Waals surface area contributed by atoms with Gasteiger partial charge in [0.25, 0.3) is 5.91 Å². The number of hydrogen-bond acceptors (Lipinski definition) is 3. The lowest BCUT2D eigenvalue weighted by molar-refractivity contribution is -0.117. The molecule has 3 amide bonds. The van der Waals surface area contributed by atoms with E-state index in [1.165, 1.54) is 18.2 Å². The van der Waals surface area contributed by atoms with Crippen LogP contribution in [-0.2, 0) is 9.59 Å². The van der Waals surface area contributed by atoms with Crippen LogP contribution in [0.25, 0.3) is 0 Å². The lowest BCUT2D eigenvalue weighted by Crippen LogP contribution is -2.26. The SMILES string of the molecule is O=C(Nc1ccc(F)c(NC(=O)C(Cl)CCl)c1F)c1cc(NC(=O)C2CC2(Cl)Cl)ccc1Cl. The van der Waals surface area contributed by atoms with Crippen LogP contribution in [0.5, 0.6) is 0 Å². The quantitative estimate of drug-likeness (QED) is 0.376. The van der Waals surface area contributed by atoms with Crippen molar-refractivity contribution in [1.29, 1.82) is 0 Å². The lowest BCUT2D eigenvalue weighted by Gasteiger charge is -2.14. The zero-order valence-electron chi connectivity index (χ0n) is 16.3. The molecular formula is C20H14Cl5F2N3O3. The summed E-state index contributed by atoms with van der Waals surface area (Å²) in [6, 6.07) is 5.88. The van der Waals surface area contributed by atoms with Gasteiger partial charge in [-0.3, -0.25) is 14.4 Å². The van der Waals surface area contributed by atoms with Gasteiger partial charge < -0.3 is 16.0 Å². The zero-order chi connectivity index (χ0) is 24.5. The topological polar surface area (TPSA) is 87.3 Å². The Morgan fingerprint density at radius 3 is 2.36 bits per heavy atom. The van der Waals surface area contributed by atoms with Crippen LogP contribution in [0.2, 0.25) is 5.02 Å². The second kappa shape index (κ2) is 10.2. The van der Waals surface area contributed by atoms with Gasteiger partial charge in [0, 0.05) is 11.6 Å². The molecule has 3 N–H and O–H groups in total. The standard InChI is InChI=1S/C20H14Cl5F2N3O3/c21-7-12(23)19(33)30-16-13(26)3-4-14(15(16)27)29-17(31)9-5-8(1-2-11(9)22)28-18(32)10-6-20(10,24)25/h1-5,10,12H,6-7H2,(H,28,32)(H,29,31)(H,30,33). The highest BCUT2D eigenvalue weighted by Gasteiger charge is 2.56. The van der Waals surface area contributed by atoms with E-state index in [2.05, 4.69) is 10.6 Å². The average molecular weight is 560 g/mol. The summed E-state index contributed by atoms with van der Waals surface area (Å²) in [5.74, 6) is -5.43. The van der Waals surface area contributed by atoms with Crippen LogP contribution in [0.1, 0.15) is 16.8 Å². The number of carbonyl (C=O) groups excluding carboxylic acids is 3. The first-order valence-electron chi connectivity index (χ1n) is 9.23. The van der Waals surface area contributed by atoms with Gasteiger partial charge in [-0.2, -0.15) is 0 Å². The van der Waals surface area contributed by atoms with Crippen molar-refractivity contribution >= 4 is 92.8 Å². The van der Waals surface area contributed by atoms with E-state index in [1.54, 1.807) is 0 Å². The van der Waals surface area contributed by atoms with Crippen molar-refractivity contribution in [2.24, 2.45) is 5.92 Å². The molecule has 6 nitrogen and oxygen atoms in total. The van der Waals surface area contributed by atoms with Crippen LogP contribution in [0.3, 0.4) is 0 Å². The van der Waals surface area contributed by atoms with Gasteiger partial charge in [0.05, 0.1) is 22.2 Å². The molecule has 1 aliphatic carbocycles. The average Bonchev–Trinajstić information content (AvgIpc) is 3.41. The predicted molar refractivity (Wildman–Crippen MR) is 126 cm³/mol. The fourth-order valence-electron chi connectivity index (χ4n) is 2.73. The summed E-state index contributed by atoms with van der Waals surface area (Å²) in [6.07, 6.45) is 0.293. The molecule has 2 atom stereocenters. The maximum absolute atomic E-state index is 14.8. The van der Waals surface area contributed by atoms with E-state index < -0.39 is 56.4 Å². The second-order valence-electron chi connectivity index (χ2n) is 7.05. The molecule has 33 heavy (non-hydrogen) atoms. The molecule has 2 aromatic rings. The molecule has 0 radical (unpaired) electrons. The van der Waals surface area contributed by atoms with Gasteiger partial charge in [-0.05, 0) is 36.8 Å². The van der Waals surface area contributed by atoms with Crippen LogP contribution in [0.4, 0.5) is 25.8 Å². The maximum Gasteiger partial charge on any atom is 0.257 e. The van der Waals surface area contributed by atoms with Gasteiger partial charge in [-0.25, -0.2) is 8.78 Å². The smallest absolute Gasteiger partial charge is 0.257 e. The summed E-state index contributed by atoms with van der Waals surface area (Å²) in [6.45, 7) is 0. The predicted octanol–water partition coefficient (Wildman–Crippen LogP) is 5.79.